The number of allylic oxidation sites excluding steroid dienone is 1. The molecule has 0 unspecified atom stereocenters. The third kappa shape index (κ3) is 5.77. The fourth-order valence-electron chi connectivity index (χ4n) is 6.34. The number of aryl methyl sites for hydroxylation is 1. The third-order valence-electron chi connectivity index (χ3n) is 8.50. The van der Waals surface area contributed by atoms with Crippen LogP contribution in [0.2, 0.25) is 10.0 Å². The van der Waals surface area contributed by atoms with Gasteiger partial charge >= 0.3 is 0 Å². The molecular formula is C30H35BrCl2N2O. The first-order valence-corrected chi connectivity index (χ1v) is 15.0. The van der Waals surface area contributed by atoms with Crippen molar-refractivity contribution < 1.29 is 4.79 Å². The zero-order valence-electron chi connectivity index (χ0n) is 21.1. The van der Waals surface area contributed by atoms with Crippen molar-refractivity contribution in [1.82, 2.24) is 9.88 Å². The largest absolute Gasteiger partial charge is 0.306 e. The maximum Gasteiger partial charge on any atom is 0.136 e. The summed E-state index contributed by atoms with van der Waals surface area (Å²) in [7, 11) is 2.18. The Hall–Kier alpha value is -1.20. The zero-order chi connectivity index (χ0) is 25.2. The topological polar surface area (TPSA) is 33.2 Å². The van der Waals surface area contributed by atoms with Gasteiger partial charge in [0.2, 0.25) is 0 Å². The molecule has 1 aromatic heterocycles. The van der Waals surface area contributed by atoms with Gasteiger partial charge in [0.25, 0.3) is 0 Å². The van der Waals surface area contributed by atoms with Gasteiger partial charge in [-0.15, -0.1) is 0 Å². The molecule has 36 heavy (non-hydrogen) atoms. The molecular weight excluding hydrogens is 555 g/mol. The number of ketones is 1. The second-order valence-electron chi connectivity index (χ2n) is 10.9. The van der Waals surface area contributed by atoms with E-state index in [0.29, 0.717) is 11.7 Å². The number of carbonyl (C=O) groups is 1. The number of carbonyl (C=O) groups excluding carboxylic acids is 1. The maximum atomic E-state index is 13.4. The van der Waals surface area contributed by atoms with Gasteiger partial charge in [0, 0.05) is 29.1 Å². The number of halogens is 3. The van der Waals surface area contributed by atoms with Crippen molar-refractivity contribution in [3.8, 4) is 0 Å². The van der Waals surface area contributed by atoms with Crippen LogP contribution < -0.4 is 0 Å². The van der Waals surface area contributed by atoms with Crippen molar-refractivity contribution in [1.29, 1.82) is 0 Å². The van der Waals surface area contributed by atoms with Gasteiger partial charge in [0.15, 0.2) is 0 Å². The lowest BCUT2D eigenvalue weighted by atomic mass is 9.79. The number of piperidine rings is 1. The van der Waals surface area contributed by atoms with Crippen LogP contribution in [0.15, 0.2) is 34.4 Å². The molecule has 1 atom stereocenters. The van der Waals surface area contributed by atoms with E-state index in [1.807, 2.05) is 12.3 Å². The Balaban J connectivity index is 1.46. The van der Waals surface area contributed by atoms with Crippen LogP contribution in [0.5, 0.6) is 0 Å². The lowest BCUT2D eigenvalue weighted by Crippen LogP contribution is -2.32. The standard InChI is InChI=1S/C30H35BrCl2N2O/c1-35-14-12-19(13-15-35)16-27(36)20-4-2-3-5-21(7-6-20)28-24-11-9-23(32)17-22(24)8-10-25-29(33)26(31)18-34-30(25)28/h9,11,17-20H,2-8,10,12-16H2,1H3/b28-21-/t20-/m1/s1. The van der Waals surface area contributed by atoms with E-state index >= 15 is 0 Å². The van der Waals surface area contributed by atoms with Crippen molar-refractivity contribution in [3.05, 3.63) is 66.9 Å². The summed E-state index contributed by atoms with van der Waals surface area (Å²) < 4.78 is 0.841. The molecule has 2 aliphatic carbocycles. The van der Waals surface area contributed by atoms with Gasteiger partial charge in [-0.25, -0.2) is 0 Å². The molecule has 1 saturated heterocycles. The average Bonchev–Trinajstić information content (AvgIpc) is 3.00. The SMILES string of the molecule is CN1CCC(CC(=O)[C@@H]2CCCC/C(=C3\c4ccc(Cl)cc4CCc4c3ncc(Br)c4Cl)CC2)CC1. The van der Waals surface area contributed by atoms with Crippen LogP contribution >= 0.6 is 39.1 Å². The van der Waals surface area contributed by atoms with Crippen LogP contribution in [0.3, 0.4) is 0 Å². The van der Waals surface area contributed by atoms with Gasteiger partial charge in [-0.1, -0.05) is 41.3 Å². The Morgan fingerprint density at radius 3 is 2.67 bits per heavy atom. The number of pyridine rings is 1. The summed E-state index contributed by atoms with van der Waals surface area (Å²) in [4.78, 5) is 20.7. The Morgan fingerprint density at radius 2 is 1.86 bits per heavy atom. The van der Waals surface area contributed by atoms with Crippen molar-refractivity contribution in [2.75, 3.05) is 20.1 Å². The fourth-order valence-corrected chi connectivity index (χ4v) is 7.11. The Bertz CT molecular complexity index is 1170. The van der Waals surface area contributed by atoms with Gasteiger partial charge in [-0.3, -0.25) is 9.78 Å². The van der Waals surface area contributed by atoms with Crippen LogP contribution in [-0.2, 0) is 17.6 Å². The summed E-state index contributed by atoms with van der Waals surface area (Å²) in [6, 6.07) is 6.25. The molecule has 0 N–H and O–H groups in total. The van der Waals surface area contributed by atoms with Crippen LogP contribution in [0.1, 0.15) is 80.2 Å². The first kappa shape index (κ1) is 26.4. The molecule has 2 fully saturated rings. The van der Waals surface area contributed by atoms with E-state index in [-0.39, 0.29) is 5.92 Å². The minimum atomic E-state index is 0.178. The molecule has 3 nitrogen and oxygen atoms in total. The highest BCUT2D eigenvalue weighted by atomic mass is 79.9. The average molecular weight is 590 g/mol. The molecule has 192 valence electrons. The molecule has 1 aliphatic heterocycles. The van der Waals surface area contributed by atoms with Gasteiger partial charge in [0.05, 0.1) is 15.2 Å². The number of hydrogen-bond acceptors (Lipinski definition) is 3. The summed E-state index contributed by atoms with van der Waals surface area (Å²) >= 11 is 16.8. The first-order chi connectivity index (χ1) is 17.4. The van der Waals surface area contributed by atoms with Gasteiger partial charge in [-0.05, 0) is 129 Å². The molecule has 1 saturated carbocycles. The number of hydrogen-bond donors (Lipinski definition) is 0. The monoisotopic (exact) mass is 588 g/mol. The molecule has 6 heteroatoms. The van der Waals surface area contributed by atoms with E-state index < -0.39 is 0 Å². The number of likely N-dealkylation sites (tertiary alicyclic amines) is 1. The maximum absolute atomic E-state index is 13.4. The number of benzene rings is 1. The second-order valence-corrected chi connectivity index (χ2v) is 12.6. The summed E-state index contributed by atoms with van der Waals surface area (Å²) in [6.07, 6.45) is 12.8. The lowest BCUT2D eigenvalue weighted by Gasteiger charge is -2.30. The predicted octanol–water partition coefficient (Wildman–Crippen LogP) is 8.32. The molecule has 2 heterocycles. The Kier molecular flexibility index (Phi) is 8.57. The van der Waals surface area contributed by atoms with Crippen molar-refractivity contribution in [2.24, 2.45) is 11.8 Å². The zero-order valence-corrected chi connectivity index (χ0v) is 24.2. The van der Waals surface area contributed by atoms with E-state index in [0.717, 1.165) is 109 Å². The number of aromatic nitrogens is 1. The quantitative estimate of drug-likeness (QED) is 0.361. The van der Waals surface area contributed by atoms with Gasteiger partial charge in [0.1, 0.15) is 5.78 Å². The number of nitrogens with zero attached hydrogens (tertiary/aromatic N) is 2. The smallest absolute Gasteiger partial charge is 0.136 e. The minimum Gasteiger partial charge on any atom is -0.306 e. The van der Waals surface area contributed by atoms with Crippen molar-refractivity contribution >= 4 is 50.5 Å². The van der Waals surface area contributed by atoms with E-state index in [2.05, 4.69) is 40.0 Å². The molecule has 3 aliphatic rings. The normalized spacial score (nSPS) is 23.8. The molecule has 0 bridgehead atoms. The molecule has 0 spiro atoms. The summed E-state index contributed by atoms with van der Waals surface area (Å²) in [6.45, 7) is 2.24. The van der Waals surface area contributed by atoms with E-state index in [1.54, 1.807) is 0 Å². The number of rotatable bonds is 3. The van der Waals surface area contributed by atoms with Gasteiger partial charge < -0.3 is 4.90 Å². The second kappa shape index (κ2) is 11.7. The molecule has 5 rings (SSSR count). The van der Waals surface area contributed by atoms with Crippen LogP contribution in [0, 0.1) is 11.8 Å². The van der Waals surface area contributed by atoms with Crippen LogP contribution in [0.4, 0.5) is 0 Å². The molecule has 2 aromatic rings. The number of fused-ring (bicyclic) bond motifs is 2. The van der Waals surface area contributed by atoms with Crippen LogP contribution in [0.25, 0.3) is 5.57 Å². The highest BCUT2D eigenvalue weighted by Crippen LogP contribution is 2.43. The Labute approximate surface area is 233 Å². The van der Waals surface area contributed by atoms with Crippen LogP contribution in [-0.4, -0.2) is 35.8 Å². The fraction of sp³-hybridized carbons (Fsp3) is 0.533. The summed E-state index contributed by atoms with van der Waals surface area (Å²) in [5.41, 5.74) is 7.25. The predicted molar refractivity (Wildman–Crippen MR) is 153 cm³/mol. The highest BCUT2D eigenvalue weighted by molar-refractivity contribution is 9.10. The lowest BCUT2D eigenvalue weighted by molar-refractivity contribution is -0.124. The Morgan fingerprint density at radius 1 is 1.06 bits per heavy atom. The number of Topliss-reactive ketones (excluding diaryl/α,β-unsaturated/α-hetero) is 1. The minimum absolute atomic E-state index is 0.178. The molecule has 0 amide bonds. The van der Waals surface area contributed by atoms with E-state index in [9.17, 15) is 4.79 Å². The van der Waals surface area contributed by atoms with Gasteiger partial charge in [-0.2, -0.15) is 0 Å². The molecule has 0 radical (unpaired) electrons. The van der Waals surface area contributed by atoms with E-state index in [1.165, 1.54) is 22.3 Å². The third-order valence-corrected chi connectivity index (χ3v) is 9.99. The highest BCUT2D eigenvalue weighted by Gasteiger charge is 2.29. The first-order valence-electron chi connectivity index (χ1n) is 13.5. The van der Waals surface area contributed by atoms with Crippen molar-refractivity contribution in [3.63, 3.8) is 0 Å². The summed E-state index contributed by atoms with van der Waals surface area (Å²) in [5, 5.41) is 1.52. The van der Waals surface area contributed by atoms with E-state index in [4.69, 9.17) is 28.2 Å². The summed E-state index contributed by atoms with van der Waals surface area (Å²) in [5.74, 6) is 1.23. The molecule has 1 aromatic carbocycles. The van der Waals surface area contributed by atoms with Crippen molar-refractivity contribution in [2.45, 2.75) is 70.6 Å².